The maximum absolute atomic E-state index is 11.8. The van der Waals surface area contributed by atoms with Crippen LogP contribution in [-0.2, 0) is 9.53 Å². The van der Waals surface area contributed by atoms with Crippen molar-refractivity contribution in [2.75, 3.05) is 5.75 Å². The highest BCUT2D eigenvalue weighted by molar-refractivity contribution is 7.80. The molecule has 0 saturated heterocycles. The van der Waals surface area contributed by atoms with E-state index in [4.69, 9.17) is 4.74 Å². The summed E-state index contributed by atoms with van der Waals surface area (Å²) in [5.74, 6) is 1.37. The first-order valence-corrected chi connectivity index (χ1v) is 7.09. The fourth-order valence-corrected chi connectivity index (χ4v) is 2.97. The zero-order valence-corrected chi connectivity index (χ0v) is 11.0. The number of rotatable bonds is 4. The monoisotopic (exact) mass is 242 g/mol. The zero-order valence-electron chi connectivity index (χ0n) is 10.1. The fraction of sp³-hybridized carbons (Fsp3) is 0.923. The molecule has 2 rings (SSSR count). The van der Waals surface area contributed by atoms with E-state index in [-0.39, 0.29) is 17.5 Å². The Morgan fingerprint density at radius 1 is 1.38 bits per heavy atom. The molecule has 0 radical (unpaired) electrons. The topological polar surface area (TPSA) is 26.3 Å². The molecule has 2 aliphatic rings. The molecule has 0 heterocycles. The van der Waals surface area contributed by atoms with Crippen LogP contribution in [0.1, 0.15) is 51.9 Å². The van der Waals surface area contributed by atoms with Gasteiger partial charge in [0.05, 0.1) is 6.42 Å². The predicted molar refractivity (Wildman–Crippen MR) is 67.6 cm³/mol. The van der Waals surface area contributed by atoms with E-state index in [1.165, 1.54) is 19.3 Å². The third-order valence-electron chi connectivity index (χ3n) is 4.13. The average molecular weight is 242 g/mol. The molecule has 2 fully saturated rings. The Labute approximate surface area is 104 Å². The quantitative estimate of drug-likeness (QED) is 0.605. The van der Waals surface area contributed by atoms with E-state index < -0.39 is 0 Å². The number of esters is 1. The van der Waals surface area contributed by atoms with Gasteiger partial charge in [0, 0.05) is 0 Å². The maximum atomic E-state index is 11.8. The van der Waals surface area contributed by atoms with Gasteiger partial charge in [-0.05, 0) is 49.2 Å². The molecular weight excluding hydrogens is 220 g/mol. The molecule has 0 amide bonds. The maximum Gasteiger partial charge on any atom is 0.306 e. The van der Waals surface area contributed by atoms with Crippen LogP contribution in [0.4, 0.5) is 0 Å². The molecule has 0 aliphatic heterocycles. The largest absolute Gasteiger partial charge is 0.462 e. The summed E-state index contributed by atoms with van der Waals surface area (Å²) >= 11 is 4.31. The normalized spacial score (nSPS) is 32.1. The van der Waals surface area contributed by atoms with Gasteiger partial charge in [-0.3, -0.25) is 4.79 Å². The zero-order chi connectivity index (χ0) is 11.6. The highest BCUT2D eigenvalue weighted by Crippen LogP contribution is 2.49. The number of hydrogen-bond acceptors (Lipinski definition) is 3. The molecule has 92 valence electrons. The van der Waals surface area contributed by atoms with Crippen molar-refractivity contribution in [1.29, 1.82) is 0 Å². The van der Waals surface area contributed by atoms with Crippen molar-refractivity contribution in [2.45, 2.75) is 58.0 Å². The lowest BCUT2D eigenvalue weighted by atomic mass is 9.88. The standard InChI is InChI=1S/C13H22O2S/c1-10-4-2-3-5-11(10)15-12(14)8-13(9-16)6-7-13/h10-11,16H,2-9H2,1H3. The Morgan fingerprint density at radius 3 is 2.62 bits per heavy atom. The lowest BCUT2D eigenvalue weighted by molar-refractivity contribution is -0.154. The number of thiol groups is 1. The van der Waals surface area contributed by atoms with E-state index >= 15 is 0 Å². The van der Waals surface area contributed by atoms with E-state index in [1.54, 1.807) is 0 Å². The van der Waals surface area contributed by atoms with Crippen molar-refractivity contribution in [3.05, 3.63) is 0 Å². The molecule has 2 aliphatic carbocycles. The van der Waals surface area contributed by atoms with Crippen LogP contribution in [0.15, 0.2) is 0 Å². The summed E-state index contributed by atoms with van der Waals surface area (Å²) in [7, 11) is 0. The third-order valence-corrected chi connectivity index (χ3v) is 4.80. The molecule has 0 bridgehead atoms. The Kier molecular flexibility index (Phi) is 3.83. The summed E-state index contributed by atoms with van der Waals surface area (Å²) in [6.07, 6.45) is 7.81. The van der Waals surface area contributed by atoms with E-state index in [9.17, 15) is 4.79 Å². The molecule has 2 unspecified atom stereocenters. The van der Waals surface area contributed by atoms with Gasteiger partial charge < -0.3 is 4.74 Å². The minimum absolute atomic E-state index is 0.00491. The summed E-state index contributed by atoms with van der Waals surface area (Å²) in [4.78, 5) is 11.8. The molecule has 2 nitrogen and oxygen atoms in total. The first-order valence-electron chi connectivity index (χ1n) is 6.46. The van der Waals surface area contributed by atoms with Crippen molar-refractivity contribution in [2.24, 2.45) is 11.3 Å². The van der Waals surface area contributed by atoms with E-state index in [2.05, 4.69) is 19.6 Å². The summed E-state index contributed by atoms with van der Waals surface area (Å²) in [5, 5.41) is 0. The van der Waals surface area contributed by atoms with Crippen LogP contribution < -0.4 is 0 Å². The average Bonchev–Trinajstić information content (AvgIpc) is 3.02. The van der Waals surface area contributed by atoms with Crippen LogP contribution in [0.3, 0.4) is 0 Å². The molecule has 0 aromatic heterocycles. The molecule has 16 heavy (non-hydrogen) atoms. The molecule has 2 atom stereocenters. The molecule has 0 aromatic carbocycles. The molecule has 0 aromatic rings. The Balaban J connectivity index is 1.78. The van der Waals surface area contributed by atoms with Crippen LogP contribution in [0.2, 0.25) is 0 Å². The second-order valence-corrected chi connectivity index (χ2v) is 5.94. The van der Waals surface area contributed by atoms with Crippen molar-refractivity contribution in [1.82, 2.24) is 0 Å². The molecule has 2 saturated carbocycles. The van der Waals surface area contributed by atoms with Gasteiger partial charge in [0.1, 0.15) is 6.10 Å². The van der Waals surface area contributed by atoms with Gasteiger partial charge in [-0.2, -0.15) is 12.6 Å². The second-order valence-electron chi connectivity index (χ2n) is 5.62. The molecule has 3 heteroatoms. The number of carbonyl (C=O) groups is 1. The predicted octanol–water partition coefficient (Wildman–Crippen LogP) is 3.21. The van der Waals surface area contributed by atoms with Crippen molar-refractivity contribution in [3.63, 3.8) is 0 Å². The minimum Gasteiger partial charge on any atom is -0.462 e. The minimum atomic E-state index is 0.00491. The van der Waals surface area contributed by atoms with Crippen LogP contribution in [-0.4, -0.2) is 17.8 Å². The second kappa shape index (κ2) is 4.99. The lowest BCUT2D eigenvalue weighted by Gasteiger charge is -2.28. The Morgan fingerprint density at radius 2 is 2.06 bits per heavy atom. The van der Waals surface area contributed by atoms with Gasteiger partial charge >= 0.3 is 5.97 Å². The summed E-state index contributed by atoms with van der Waals surface area (Å²) in [5.41, 5.74) is 0.193. The van der Waals surface area contributed by atoms with E-state index in [1.807, 2.05) is 0 Å². The SMILES string of the molecule is CC1CCCCC1OC(=O)CC1(CS)CC1. The van der Waals surface area contributed by atoms with Crippen LogP contribution in [0.5, 0.6) is 0 Å². The highest BCUT2D eigenvalue weighted by Gasteiger charge is 2.44. The van der Waals surface area contributed by atoms with Gasteiger partial charge in [-0.15, -0.1) is 0 Å². The van der Waals surface area contributed by atoms with Gasteiger partial charge in [-0.1, -0.05) is 13.3 Å². The van der Waals surface area contributed by atoms with Gasteiger partial charge in [0.25, 0.3) is 0 Å². The molecule has 0 N–H and O–H groups in total. The van der Waals surface area contributed by atoms with Crippen molar-refractivity contribution < 1.29 is 9.53 Å². The number of ether oxygens (including phenoxy) is 1. The summed E-state index contributed by atoms with van der Waals surface area (Å²) < 4.78 is 5.61. The Hall–Kier alpha value is -0.180. The number of carbonyl (C=O) groups excluding carboxylic acids is 1. The highest BCUT2D eigenvalue weighted by atomic mass is 32.1. The third kappa shape index (κ3) is 2.93. The number of hydrogen-bond donors (Lipinski definition) is 1. The van der Waals surface area contributed by atoms with E-state index in [0.29, 0.717) is 12.3 Å². The molecular formula is C13H22O2S. The smallest absolute Gasteiger partial charge is 0.306 e. The summed E-state index contributed by atoms with van der Waals surface area (Å²) in [6, 6.07) is 0. The lowest BCUT2D eigenvalue weighted by Crippen LogP contribution is -2.29. The van der Waals surface area contributed by atoms with Gasteiger partial charge in [-0.25, -0.2) is 0 Å². The first kappa shape index (κ1) is 12.3. The van der Waals surface area contributed by atoms with Crippen LogP contribution >= 0.6 is 12.6 Å². The Bertz CT molecular complexity index is 261. The van der Waals surface area contributed by atoms with Gasteiger partial charge in [0.2, 0.25) is 0 Å². The molecule has 0 spiro atoms. The summed E-state index contributed by atoms with van der Waals surface area (Å²) in [6.45, 7) is 2.20. The van der Waals surface area contributed by atoms with E-state index in [0.717, 1.165) is 25.0 Å². The van der Waals surface area contributed by atoms with Crippen molar-refractivity contribution in [3.8, 4) is 0 Å². The first-order chi connectivity index (χ1) is 7.65. The van der Waals surface area contributed by atoms with Gasteiger partial charge in [0.15, 0.2) is 0 Å². The fourth-order valence-electron chi connectivity index (χ4n) is 2.54. The van der Waals surface area contributed by atoms with Crippen LogP contribution in [0, 0.1) is 11.3 Å². The van der Waals surface area contributed by atoms with Crippen LogP contribution in [0.25, 0.3) is 0 Å². The van der Waals surface area contributed by atoms with Crippen molar-refractivity contribution >= 4 is 18.6 Å².